The van der Waals surface area contributed by atoms with Crippen LogP contribution in [0.1, 0.15) is 18.4 Å². The summed E-state index contributed by atoms with van der Waals surface area (Å²) < 4.78 is 1.94. The zero-order valence-electron chi connectivity index (χ0n) is 10.6. The number of nitrogens with zero attached hydrogens (tertiary/aromatic N) is 1. The minimum Gasteiger partial charge on any atom is -0.306 e. The highest BCUT2D eigenvalue weighted by Gasteiger charge is 2.17. The van der Waals surface area contributed by atoms with Gasteiger partial charge in [0.05, 0.1) is 11.0 Å². The summed E-state index contributed by atoms with van der Waals surface area (Å²) in [5.41, 5.74) is 3.26. The number of hydrogen-bond acceptors (Lipinski definition) is 2. The van der Waals surface area contributed by atoms with Gasteiger partial charge in [0, 0.05) is 6.54 Å². The zero-order valence-corrected chi connectivity index (χ0v) is 11.4. The maximum absolute atomic E-state index is 12.1. The Morgan fingerprint density at radius 2 is 2.17 bits per heavy atom. The summed E-state index contributed by atoms with van der Waals surface area (Å²) in [6.07, 6.45) is 2.46. The van der Waals surface area contributed by atoms with Crippen LogP contribution in [0.25, 0.3) is 11.0 Å². The fourth-order valence-corrected chi connectivity index (χ4v) is 3.97. The Hall–Kier alpha value is -1.16. The van der Waals surface area contributed by atoms with E-state index in [-0.39, 0.29) is 5.69 Å². The third kappa shape index (κ3) is 2.09. The van der Waals surface area contributed by atoms with Gasteiger partial charge in [-0.05, 0) is 48.8 Å². The van der Waals surface area contributed by atoms with Crippen LogP contribution in [-0.2, 0) is 6.54 Å². The van der Waals surface area contributed by atoms with E-state index in [0.717, 1.165) is 17.6 Å². The monoisotopic (exact) mass is 262 g/mol. The second-order valence-electron chi connectivity index (χ2n) is 5.07. The first-order valence-electron chi connectivity index (χ1n) is 6.51. The Kier molecular flexibility index (Phi) is 3.20. The Morgan fingerprint density at radius 1 is 1.39 bits per heavy atom. The van der Waals surface area contributed by atoms with Crippen molar-refractivity contribution >= 4 is 22.8 Å². The van der Waals surface area contributed by atoms with Gasteiger partial charge in [0.25, 0.3) is 0 Å². The van der Waals surface area contributed by atoms with Crippen LogP contribution in [0.4, 0.5) is 0 Å². The standard InChI is InChI=1S/C14H18N2OS/c1-10-3-2-4-12-13(10)16(14(17)15-12)9-11-5-7-18-8-6-11/h2-4,11H,5-9H2,1H3,(H,15,17). The number of imidazole rings is 1. The van der Waals surface area contributed by atoms with E-state index in [4.69, 9.17) is 0 Å². The summed E-state index contributed by atoms with van der Waals surface area (Å²) >= 11 is 2.03. The van der Waals surface area contributed by atoms with Gasteiger partial charge in [0.15, 0.2) is 0 Å². The lowest BCUT2D eigenvalue weighted by Crippen LogP contribution is -2.24. The van der Waals surface area contributed by atoms with Crippen molar-refractivity contribution in [1.29, 1.82) is 0 Å². The number of aromatic amines is 1. The molecule has 1 aliphatic heterocycles. The van der Waals surface area contributed by atoms with Gasteiger partial charge in [-0.2, -0.15) is 11.8 Å². The summed E-state index contributed by atoms with van der Waals surface area (Å²) in [7, 11) is 0. The van der Waals surface area contributed by atoms with Crippen LogP contribution < -0.4 is 5.69 Å². The summed E-state index contributed by atoms with van der Waals surface area (Å²) in [5, 5.41) is 0. The fraction of sp³-hybridized carbons (Fsp3) is 0.500. The molecule has 0 aliphatic carbocycles. The molecule has 1 aromatic heterocycles. The van der Waals surface area contributed by atoms with Gasteiger partial charge in [-0.3, -0.25) is 4.57 Å². The lowest BCUT2D eigenvalue weighted by atomic mass is 10.0. The number of benzene rings is 1. The molecule has 2 aromatic rings. The molecule has 0 atom stereocenters. The lowest BCUT2D eigenvalue weighted by molar-refractivity contribution is 0.417. The second kappa shape index (κ2) is 4.84. The van der Waals surface area contributed by atoms with Crippen molar-refractivity contribution in [3.8, 4) is 0 Å². The number of para-hydroxylation sites is 1. The van der Waals surface area contributed by atoms with E-state index in [2.05, 4.69) is 18.0 Å². The number of aryl methyl sites for hydroxylation is 1. The molecule has 96 valence electrons. The van der Waals surface area contributed by atoms with Gasteiger partial charge < -0.3 is 4.98 Å². The average Bonchev–Trinajstić information content (AvgIpc) is 2.69. The Labute approximate surface area is 111 Å². The number of fused-ring (bicyclic) bond motifs is 1. The van der Waals surface area contributed by atoms with Crippen LogP contribution in [0.3, 0.4) is 0 Å². The van der Waals surface area contributed by atoms with Gasteiger partial charge in [-0.25, -0.2) is 4.79 Å². The van der Waals surface area contributed by atoms with Crippen LogP contribution in [0.2, 0.25) is 0 Å². The van der Waals surface area contributed by atoms with Gasteiger partial charge in [0.1, 0.15) is 0 Å². The predicted octanol–water partition coefficient (Wildman–Crippen LogP) is 2.78. The van der Waals surface area contributed by atoms with E-state index in [1.165, 1.54) is 29.9 Å². The number of rotatable bonds is 2. The van der Waals surface area contributed by atoms with Crippen LogP contribution >= 0.6 is 11.8 Å². The third-order valence-corrected chi connectivity index (χ3v) is 4.82. The molecule has 1 aliphatic rings. The number of thioether (sulfide) groups is 1. The van der Waals surface area contributed by atoms with E-state index in [1.807, 2.05) is 28.5 Å². The minimum atomic E-state index is 0.0394. The normalized spacial score (nSPS) is 17.4. The molecule has 1 saturated heterocycles. The molecule has 1 fully saturated rings. The zero-order chi connectivity index (χ0) is 12.5. The molecular formula is C14H18N2OS. The highest BCUT2D eigenvalue weighted by molar-refractivity contribution is 7.99. The van der Waals surface area contributed by atoms with Crippen LogP contribution in [0.15, 0.2) is 23.0 Å². The van der Waals surface area contributed by atoms with Gasteiger partial charge in [-0.1, -0.05) is 12.1 Å². The molecule has 0 amide bonds. The van der Waals surface area contributed by atoms with E-state index >= 15 is 0 Å². The van der Waals surface area contributed by atoms with Crippen molar-refractivity contribution in [3.63, 3.8) is 0 Å². The molecule has 1 aromatic carbocycles. The molecule has 3 rings (SSSR count). The van der Waals surface area contributed by atoms with Gasteiger partial charge >= 0.3 is 5.69 Å². The molecule has 0 saturated carbocycles. The topological polar surface area (TPSA) is 37.8 Å². The van der Waals surface area contributed by atoms with E-state index in [0.29, 0.717) is 5.92 Å². The van der Waals surface area contributed by atoms with Gasteiger partial charge in [0.2, 0.25) is 0 Å². The second-order valence-corrected chi connectivity index (χ2v) is 6.29. The minimum absolute atomic E-state index is 0.0394. The lowest BCUT2D eigenvalue weighted by Gasteiger charge is -2.21. The summed E-state index contributed by atoms with van der Waals surface area (Å²) in [6, 6.07) is 6.05. The molecule has 0 radical (unpaired) electrons. The van der Waals surface area contributed by atoms with E-state index in [9.17, 15) is 4.79 Å². The summed E-state index contributed by atoms with van der Waals surface area (Å²) in [4.78, 5) is 15.0. The molecule has 0 bridgehead atoms. The van der Waals surface area contributed by atoms with Crippen LogP contribution in [0, 0.1) is 12.8 Å². The fourth-order valence-electron chi connectivity index (χ4n) is 2.76. The van der Waals surface area contributed by atoms with E-state index < -0.39 is 0 Å². The maximum Gasteiger partial charge on any atom is 0.326 e. The first-order valence-corrected chi connectivity index (χ1v) is 7.67. The molecule has 4 heteroatoms. The number of nitrogens with one attached hydrogen (secondary N) is 1. The number of H-pyrrole nitrogens is 1. The number of aromatic nitrogens is 2. The third-order valence-electron chi connectivity index (χ3n) is 3.78. The van der Waals surface area contributed by atoms with E-state index in [1.54, 1.807) is 0 Å². The van der Waals surface area contributed by atoms with Crippen molar-refractivity contribution in [2.75, 3.05) is 11.5 Å². The van der Waals surface area contributed by atoms with Crippen LogP contribution in [0.5, 0.6) is 0 Å². The van der Waals surface area contributed by atoms with Crippen molar-refractivity contribution in [3.05, 3.63) is 34.2 Å². The van der Waals surface area contributed by atoms with Crippen molar-refractivity contribution in [1.82, 2.24) is 9.55 Å². The molecule has 2 heterocycles. The van der Waals surface area contributed by atoms with Crippen LogP contribution in [-0.4, -0.2) is 21.1 Å². The molecule has 1 N–H and O–H groups in total. The summed E-state index contributed by atoms with van der Waals surface area (Å²) in [5.74, 6) is 3.13. The molecule has 18 heavy (non-hydrogen) atoms. The Bertz CT molecular complexity index is 608. The molecule has 0 unspecified atom stereocenters. The quantitative estimate of drug-likeness (QED) is 0.903. The first-order chi connectivity index (χ1) is 8.75. The predicted molar refractivity (Wildman–Crippen MR) is 77.3 cm³/mol. The van der Waals surface area contributed by atoms with Gasteiger partial charge in [-0.15, -0.1) is 0 Å². The number of hydrogen-bond donors (Lipinski definition) is 1. The van der Waals surface area contributed by atoms with Crippen molar-refractivity contribution < 1.29 is 0 Å². The molecular weight excluding hydrogens is 244 g/mol. The highest BCUT2D eigenvalue weighted by atomic mass is 32.2. The highest BCUT2D eigenvalue weighted by Crippen LogP contribution is 2.25. The SMILES string of the molecule is Cc1cccc2[nH]c(=O)n(CC3CCSCC3)c12. The first kappa shape index (κ1) is 11.9. The molecule has 3 nitrogen and oxygen atoms in total. The van der Waals surface area contributed by atoms with Crippen molar-refractivity contribution in [2.24, 2.45) is 5.92 Å². The smallest absolute Gasteiger partial charge is 0.306 e. The maximum atomic E-state index is 12.1. The average molecular weight is 262 g/mol. The van der Waals surface area contributed by atoms with Crippen molar-refractivity contribution in [2.45, 2.75) is 26.3 Å². The molecule has 0 spiro atoms. The Morgan fingerprint density at radius 3 is 2.94 bits per heavy atom. The largest absolute Gasteiger partial charge is 0.326 e. The Balaban J connectivity index is 2.00. The summed E-state index contributed by atoms with van der Waals surface area (Å²) in [6.45, 7) is 2.94.